The second-order valence-electron chi connectivity index (χ2n) is 1.77. The summed E-state index contributed by atoms with van der Waals surface area (Å²) in [6.07, 6.45) is 5.21. The lowest BCUT2D eigenvalue weighted by Crippen LogP contribution is -1.78. The zero-order valence-corrected chi connectivity index (χ0v) is 7.98. The van der Waals surface area contributed by atoms with Gasteiger partial charge < -0.3 is 0 Å². The van der Waals surface area contributed by atoms with E-state index in [1.54, 1.807) is 6.07 Å². The first kappa shape index (κ1) is 7.90. The van der Waals surface area contributed by atoms with Crippen molar-refractivity contribution in [1.29, 1.82) is 0 Å². The van der Waals surface area contributed by atoms with Crippen LogP contribution in [0.15, 0.2) is 18.2 Å². The van der Waals surface area contributed by atoms with E-state index < -0.39 is 0 Å². The lowest BCUT2D eigenvalue weighted by Gasteiger charge is -1.94. The molecule has 0 spiro atoms. The van der Waals surface area contributed by atoms with Gasteiger partial charge in [0, 0.05) is 14.2 Å². The lowest BCUT2D eigenvalue weighted by atomic mass is 10.2. The number of hydrogen-bond donors (Lipinski definition) is 0. The molecule has 0 nitrogen and oxygen atoms in total. The molecule has 0 unspecified atom stereocenters. The number of benzene rings is 1. The smallest absolute Gasteiger partial charge is 0.0419 e. The minimum atomic E-state index is 0.688. The van der Waals surface area contributed by atoms with Gasteiger partial charge in [-0.15, -0.1) is 6.42 Å². The van der Waals surface area contributed by atoms with E-state index in [1.165, 1.54) is 0 Å². The molecule has 10 heavy (non-hydrogen) atoms. The summed E-state index contributed by atoms with van der Waals surface area (Å²) in [5.74, 6) is 2.54. The first-order chi connectivity index (χ1) is 4.74. The van der Waals surface area contributed by atoms with Gasteiger partial charge in [0.05, 0.1) is 0 Å². The third-order valence-electron chi connectivity index (χ3n) is 1.08. The van der Waals surface area contributed by atoms with Gasteiger partial charge in [-0.1, -0.05) is 17.5 Å². The highest BCUT2D eigenvalue weighted by Gasteiger charge is 1.95. The second-order valence-corrected chi connectivity index (χ2v) is 3.37. The Bertz CT molecular complexity index is 286. The Labute approximate surface area is 78.7 Å². The van der Waals surface area contributed by atoms with Crippen LogP contribution in [0, 0.1) is 15.9 Å². The van der Waals surface area contributed by atoms with Gasteiger partial charge in [-0.25, -0.2) is 0 Å². The summed E-state index contributed by atoms with van der Waals surface area (Å²) < 4.78 is 1.06. The number of terminal acetylenes is 1. The molecule has 0 aromatic heterocycles. The van der Waals surface area contributed by atoms with E-state index >= 15 is 0 Å². The van der Waals surface area contributed by atoms with Crippen molar-refractivity contribution in [2.45, 2.75) is 0 Å². The van der Waals surface area contributed by atoms with Crippen LogP contribution in [0.25, 0.3) is 0 Å². The van der Waals surface area contributed by atoms with E-state index in [-0.39, 0.29) is 0 Å². The van der Waals surface area contributed by atoms with Crippen LogP contribution in [0.5, 0.6) is 0 Å². The molecule has 0 amide bonds. The molecule has 50 valence electrons. The van der Waals surface area contributed by atoms with Crippen molar-refractivity contribution in [1.82, 2.24) is 0 Å². The number of hydrogen-bond acceptors (Lipinski definition) is 0. The Hall–Kier alpha value is -0.200. The van der Waals surface area contributed by atoms with Crippen molar-refractivity contribution in [2.24, 2.45) is 0 Å². The molecule has 2 heteroatoms. The largest absolute Gasteiger partial charge is 0.115 e. The van der Waals surface area contributed by atoms with Crippen LogP contribution >= 0.6 is 34.2 Å². The minimum Gasteiger partial charge on any atom is -0.115 e. The molecule has 1 aromatic carbocycles. The van der Waals surface area contributed by atoms with E-state index in [1.807, 2.05) is 12.1 Å². The van der Waals surface area contributed by atoms with E-state index in [0.29, 0.717) is 5.02 Å². The van der Waals surface area contributed by atoms with Crippen molar-refractivity contribution in [3.8, 4) is 12.3 Å². The maximum atomic E-state index is 5.70. The Kier molecular flexibility index (Phi) is 2.58. The van der Waals surface area contributed by atoms with Gasteiger partial charge in [0.1, 0.15) is 0 Å². The zero-order chi connectivity index (χ0) is 7.56. The Morgan fingerprint density at radius 3 is 2.70 bits per heavy atom. The summed E-state index contributed by atoms with van der Waals surface area (Å²) in [6.45, 7) is 0. The van der Waals surface area contributed by atoms with Crippen molar-refractivity contribution in [2.75, 3.05) is 0 Å². The monoisotopic (exact) mass is 262 g/mol. The average molecular weight is 262 g/mol. The van der Waals surface area contributed by atoms with Gasteiger partial charge in [0.25, 0.3) is 0 Å². The quantitative estimate of drug-likeness (QED) is 0.498. The fraction of sp³-hybridized carbons (Fsp3) is 0. The van der Waals surface area contributed by atoms with Crippen LogP contribution in [0.4, 0.5) is 0 Å². The van der Waals surface area contributed by atoms with Crippen LogP contribution in [-0.2, 0) is 0 Å². The van der Waals surface area contributed by atoms with Gasteiger partial charge >= 0.3 is 0 Å². The van der Waals surface area contributed by atoms with Crippen LogP contribution in [0.3, 0.4) is 0 Å². The highest BCUT2D eigenvalue weighted by atomic mass is 127. The molecule has 0 N–H and O–H groups in total. The normalized spacial score (nSPS) is 8.90. The summed E-state index contributed by atoms with van der Waals surface area (Å²) >= 11 is 7.87. The summed E-state index contributed by atoms with van der Waals surface area (Å²) in [7, 11) is 0. The Morgan fingerprint density at radius 2 is 2.20 bits per heavy atom. The minimum absolute atomic E-state index is 0.688. The SMILES string of the molecule is C#Cc1cc(Cl)ccc1I. The fourth-order valence-electron chi connectivity index (χ4n) is 0.608. The summed E-state index contributed by atoms with van der Waals surface area (Å²) in [6, 6.07) is 5.51. The number of halogens is 2. The van der Waals surface area contributed by atoms with Gasteiger partial charge in [-0.3, -0.25) is 0 Å². The zero-order valence-electron chi connectivity index (χ0n) is 5.07. The first-order valence-electron chi connectivity index (χ1n) is 2.65. The topological polar surface area (TPSA) is 0 Å². The molecule has 1 rings (SSSR count). The maximum Gasteiger partial charge on any atom is 0.0419 e. The van der Waals surface area contributed by atoms with Crippen molar-refractivity contribution < 1.29 is 0 Å². The highest BCUT2D eigenvalue weighted by molar-refractivity contribution is 14.1. The molecule has 0 aliphatic carbocycles. The third-order valence-corrected chi connectivity index (χ3v) is 2.26. The van der Waals surface area contributed by atoms with Gasteiger partial charge in [-0.2, -0.15) is 0 Å². The van der Waals surface area contributed by atoms with E-state index in [2.05, 4.69) is 28.5 Å². The summed E-state index contributed by atoms with van der Waals surface area (Å²) in [5.41, 5.74) is 0.855. The molecule has 1 aromatic rings. The van der Waals surface area contributed by atoms with Crippen LogP contribution in [0.1, 0.15) is 5.56 Å². The fourth-order valence-corrected chi connectivity index (χ4v) is 1.27. The predicted molar refractivity (Wildman–Crippen MR) is 52.1 cm³/mol. The van der Waals surface area contributed by atoms with Gasteiger partial charge in [-0.05, 0) is 40.8 Å². The molecule has 0 radical (unpaired) electrons. The molecule has 0 aliphatic heterocycles. The van der Waals surface area contributed by atoms with Crippen LogP contribution < -0.4 is 0 Å². The Balaban J connectivity index is 3.25. The summed E-state index contributed by atoms with van der Waals surface area (Å²) in [5, 5.41) is 0.688. The van der Waals surface area contributed by atoms with Crippen molar-refractivity contribution >= 4 is 34.2 Å². The molecule has 0 heterocycles. The Morgan fingerprint density at radius 1 is 1.50 bits per heavy atom. The average Bonchev–Trinajstić information content (AvgIpc) is 1.94. The van der Waals surface area contributed by atoms with E-state index in [9.17, 15) is 0 Å². The van der Waals surface area contributed by atoms with Crippen molar-refractivity contribution in [3.05, 3.63) is 32.4 Å². The molecule has 0 atom stereocenters. The first-order valence-corrected chi connectivity index (χ1v) is 4.11. The molecular weight excluding hydrogens is 258 g/mol. The summed E-state index contributed by atoms with van der Waals surface area (Å²) in [4.78, 5) is 0. The molecule has 0 bridgehead atoms. The molecule has 0 saturated carbocycles. The molecule has 0 aliphatic rings. The van der Waals surface area contributed by atoms with Crippen LogP contribution in [-0.4, -0.2) is 0 Å². The van der Waals surface area contributed by atoms with E-state index in [4.69, 9.17) is 18.0 Å². The highest BCUT2D eigenvalue weighted by Crippen LogP contribution is 2.16. The predicted octanol–water partition coefficient (Wildman–Crippen LogP) is 2.93. The van der Waals surface area contributed by atoms with Gasteiger partial charge in [0.15, 0.2) is 0 Å². The molecule has 0 saturated heterocycles. The second kappa shape index (κ2) is 3.27. The maximum absolute atomic E-state index is 5.70. The standard InChI is InChI=1S/C8H4ClI/c1-2-6-5-7(9)3-4-8(6)10/h1,3-5H. The molecular formula is C8H4ClI. The van der Waals surface area contributed by atoms with Crippen LogP contribution in [0.2, 0.25) is 5.02 Å². The lowest BCUT2D eigenvalue weighted by molar-refractivity contribution is 1.59. The van der Waals surface area contributed by atoms with Crippen molar-refractivity contribution in [3.63, 3.8) is 0 Å². The number of rotatable bonds is 0. The van der Waals surface area contributed by atoms with Gasteiger partial charge in [0.2, 0.25) is 0 Å². The molecule has 0 fully saturated rings. The van der Waals surface area contributed by atoms with E-state index in [0.717, 1.165) is 9.13 Å². The third kappa shape index (κ3) is 1.65.